The fourth-order valence-corrected chi connectivity index (χ4v) is 4.05. The number of hydrogen-bond donors (Lipinski definition) is 1. The third kappa shape index (κ3) is 5.84. The Morgan fingerprint density at radius 1 is 1.14 bits per heavy atom. The van der Waals surface area contributed by atoms with Crippen LogP contribution in [0.25, 0.3) is 0 Å². The number of alkyl halides is 3. The van der Waals surface area contributed by atoms with Crippen LogP contribution < -0.4 is 9.46 Å². The first-order chi connectivity index (χ1) is 13.7. The van der Waals surface area contributed by atoms with E-state index in [0.29, 0.717) is 12.3 Å². The lowest BCUT2D eigenvalue weighted by Crippen LogP contribution is -2.38. The van der Waals surface area contributed by atoms with Crippen molar-refractivity contribution in [3.05, 3.63) is 54.1 Å². The fraction of sp³-hybridized carbons (Fsp3) is 0.368. The Bertz CT molecular complexity index is 916. The van der Waals surface area contributed by atoms with Gasteiger partial charge in [-0.25, -0.2) is 8.42 Å². The van der Waals surface area contributed by atoms with Gasteiger partial charge in [0.15, 0.2) is 0 Å². The topological polar surface area (TPSA) is 67.9 Å². The van der Waals surface area contributed by atoms with Gasteiger partial charge in [-0.05, 0) is 48.5 Å². The van der Waals surface area contributed by atoms with Crippen molar-refractivity contribution in [2.75, 3.05) is 31.0 Å². The van der Waals surface area contributed by atoms with Gasteiger partial charge in [0.05, 0.1) is 17.6 Å². The first kappa shape index (κ1) is 21.4. The number of nitrogens with one attached hydrogen (secondary N) is 1. The lowest BCUT2D eigenvalue weighted by Gasteiger charge is -2.32. The third-order valence-corrected chi connectivity index (χ3v) is 5.90. The van der Waals surface area contributed by atoms with E-state index in [-0.39, 0.29) is 11.0 Å². The van der Waals surface area contributed by atoms with E-state index in [1.54, 1.807) is 24.3 Å². The SMILES string of the molecule is CCN1CCOC(c2ccc(NS(=O)(=O)c3ccc(OC(F)(F)F)cc3)cc2)C1. The second-order valence-electron chi connectivity index (χ2n) is 6.50. The van der Waals surface area contributed by atoms with Crippen molar-refractivity contribution in [2.45, 2.75) is 24.3 Å². The van der Waals surface area contributed by atoms with Gasteiger partial charge in [0, 0.05) is 18.8 Å². The lowest BCUT2D eigenvalue weighted by molar-refractivity contribution is -0.274. The highest BCUT2D eigenvalue weighted by atomic mass is 32.2. The largest absolute Gasteiger partial charge is 0.573 e. The molecule has 0 saturated carbocycles. The minimum atomic E-state index is -4.84. The van der Waals surface area contributed by atoms with Gasteiger partial charge in [-0.3, -0.25) is 9.62 Å². The maximum Gasteiger partial charge on any atom is 0.573 e. The minimum absolute atomic E-state index is 0.0736. The van der Waals surface area contributed by atoms with Crippen molar-refractivity contribution < 1.29 is 31.1 Å². The molecule has 1 aliphatic rings. The average Bonchev–Trinajstić information content (AvgIpc) is 2.67. The van der Waals surface area contributed by atoms with Crippen LogP contribution in [0, 0.1) is 0 Å². The highest BCUT2D eigenvalue weighted by Gasteiger charge is 2.31. The number of ether oxygens (including phenoxy) is 2. The summed E-state index contributed by atoms with van der Waals surface area (Å²) >= 11 is 0. The fourth-order valence-electron chi connectivity index (χ4n) is 2.99. The van der Waals surface area contributed by atoms with E-state index in [2.05, 4.69) is 21.3 Å². The standard InChI is InChI=1S/C19H21F3N2O4S/c1-2-24-11-12-27-18(13-24)14-3-5-15(6-4-14)23-29(25,26)17-9-7-16(8-10-17)28-19(20,21)22/h3-10,18,23H,2,11-13H2,1H3. The van der Waals surface area contributed by atoms with E-state index in [1.165, 1.54) is 0 Å². The molecule has 158 valence electrons. The summed E-state index contributed by atoms with van der Waals surface area (Å²) in [6.07, 6.45) is -4.91. The molecule has 0 aromatic heterocycles. The van der Waals surface area contributed by atoms with Crippen molar-refractivity contribution in [1.82, 2.24) is 4.90 Å². The quantitative estimate of drug-likeness (QED) is 0.756. The number of benzene rings is 2. The minimum Gasteiger partial charge on any atom is -0.406 e. The maximum absolute atomic E-state index is 12.5. The van der Waals surface area contributed by atoms with Crippen molar-refractivity contribution in [3.8, 4) is 5.75 Å². The molecule has 0 spiro atoms. The second-order valence-corrected chi connectivity index (χ2v) is 8.18. The molecule has 1 N–H and O–H groups in total. The van der Waals surface area contributed by atoms with Crippen LogP contribution >= 0.6 is 0 Å². The molecule has 2 aromatic rings. The van der Waals surface area contributed by atoms with Gasteiger partial charge in [-0.15, -0.1) is 13.2 Å². The van der Waals surface area contributed by atoms with Crippen molar-refractivity contribution in [1.29, 1.82) is 0 Å². The van der Waals surface area contributed by atoms with Crippen LogP contribution in [0.15, 0.2) is 53.4 Å². The predicted octanol–water partition coefficient (Wildman–Crippen LogP) is 3.78. The van der Waals surface area contributed by atoms with Crippen LogP contribution in [0.4, 0.5) is 18.9 Å². The summed E-state index contributed by atoms with van der Waals surface area (Å²) in [5.41, 5.74) is 1.28. The van der Waals surface area contributed by atoms with Crippen LogP contribution in [0.1, 0.15) is 18.6 Å². The number of anilines is 1. The van der Waals surface area contributed by atoms with E-state index >= 15 is 0 Å². The van der Waals surface area contributed by atoms with Crippen LogP contribution in [-0.4, -0.2) is 45.9 Å². The summed E-state index contributed by atoms with van der Waals surface area (Å²) < 4.78 is 73.5. The Balaban J connectivity index is 1.67. The zero-order valence-corrected chi connectivity index (χ0v) is 16.5. The van der Waals surface area contributed by atoms with Crippen LogP contribution in [0.2, 0.25) is 0 Å². The van der Waals surface area contributed by atoms with Gasteiger partial charge >= 0.3 is 6.36 Å². The second kappa shape index (κ2) is 8.60. The Kier molecular flexibility index (Phi) is 6.35. The van der Waals surface area contributed by atoms with Gasteiger partial charge in [-0.2, -0.15) is 0 Å². The number of nitrogens with zero attached hydrogens (tertiary/aromatic N) is 1. The van der Waals surface area contributed by atoms with Gasteiger partial charge in [0.25, 0.3) is 10.0 Å². The van der Waals surface area contributed by atoms with Gasteiger partial charge in [-0.1, -0.05) is 19.1 Å². The Hall–Kier alpha value is -2.30. The Morgan fingerprint density at radius 3 is 2.38 bits per heavy atom. The first-order valence-electron chi connectivity index (χ1n) is 8.99. The number of likely N-dealkylation sites (N-methyl/N-ethyl adjacent to an activating group) is 1. The van der Waals surface area contributed by atoms with Gasteiger partial charge in [0.1, 0.15) is 5.75 Å². The molecule has 1 aliphatic heterocycles. The highest BCUT2D eigenvalue weighted by Crippen LogP contribution is 2.26. The molecular formula is C19H21F3N2O4S. The van der Waals surface area contributed by atoms with Crippen LogP contribution in [0.5, 0.6) is 5.75 Å². The molecule has 3 rings (SSSR count). The molecule has 29 heavy (non-hydrogen) atoms. The molecule has 1 unspecified atom stereocenters. The Morgan fingerprint density at radius 2 is 1.79 bits per heavy atom. The monoisotopic (exact) mass is 430 g/mol. The number of morpholine rings is 1. The molecule has 0 amide bonds. The van der Waals surface area contributed by atoms with Crippen molar-refractivity contribution in [3.63, 3.8) is 0 Å². The maximum atomic E-state index is 12.5. The van der Waals surface area contributed by atoms with E-state index in [0.717, 1.165) is 49.5 Å². The molecule has 1 atom stereocenters. The molecule has 1 heterocycles. The summed E-state index contributed by atoms with van der Waals surface area (Å²) in [5.74, 6) is -0.491. The molecule has 2 aromatic carbocycles. The number of halogens is 3. The van der Waals surface area contributed by atoms with Crippen molar-refractivity contribution >= 4 is 15.7 Å². The summed E-state index contributed by atoms with van der Waals surface area (Å²) in [6, 6.07) is 10.8. The average molecular weight is 430 g/mol. The van der Waals surface area contributed by atoms with E-state index in [4.69, 9.17) is 4.74 Å². The van der Waals surface area contributed by atoms with E-state index < -0.39 is 22.1 Å². The molecule has 1 saturated heterocycles. The van der Waals surface area contributed by atoms with Crippen LogP contribution in [-0.2, 0) is 14.8 Å². The molecule has 0 radical (unpaired) electrons. The van der Waals surface area contributed by atoms with Crippen molar-refractivity contribution in [2.24, 2.45) is 0 Å². The number of rotatable bonds is 6. The molecular weight excluding hydrogens is 409 g/mol. The summed E-state index contributed by atoms with van der Waals surface area (Å²) in [7, 11) is -3.95. The number of sulfonamides is 1. The predicted molar refractivity (Wildman–Crippen MR) is 101 cm³/mol. The van der Waals surface area contributed by atoms with Gasteiger partial charge < -0.3 is 9.47 Å². The zero-order chi connectivity index (χ0) is 21.1. The lowest BCUT2D eigenvalue weighted by atomic mass is 10.1. The smallest absolute Gasteiger partial charge is 0.406 e. The normalized spacial score (nSPS) is 18.4. The van der Waals surface area contributed by atoms with E-state index in [1.807, 2.05) is 0 Å². The summed E-state index contributed by atoms with van der Waals surface area (Å²) in [5, 5.41) is 0. The summed E-state index contributed by atoms with van der Waals surface area (Å²) in [4.78, 5) is 2.10. The van der Waals surface area contributed by atoms with Crippen LogP contribution in [0.3, 0.4) is 0 Å². The number of hydrogen-bond acceptors (Lipinski definition) is 5. The molecule has 1 fully saturated rings. The highest BCUT2D eigenvalue weighted by molar-refractivity contribution is 7.92. The van der Waals surface area contributed by atoms with E-state index in [9.17, 15) is 21.6 Å². The Labute approximate surface area is 167 Å². The molecule has 6 nitrogen and oxygen atoms in total. The first-order valence-corrected chi connectivity index (χ1v) is 10.5. The molecule has 10 heteroatoms. The zero-order valence-electron chi connectivity index (χ0n) is 15.6. The third-order valence-electron chi connectivity index (χ3n) is 4.50. The molecule has 0 bridgehead atoms. The van der Waals surface area contributed by atoms with Gasteiger partial charge in [0.2, 0.25) is 0 Å². The summed E-state index contributed by atoms with van der Waals surface area (Å²) in [6.45, 7) is 5.32. The molecule has 0 aliphatic carbocycles.